The predicted molar refractivity (Wildman–Crippen MR) is 92.5 cm³/mol. The lowest BCUT2D eigenvalue weighted by molar-refractivity contribution is -0.275. The molecule has 1 atom stereocenters. The fraction of sp³-hybridized carbons (Fsp3) is 0.250. The minimum absolute atomic E-state index is 0.0396. The lowest BCUT2D eigenvalue weighted by Crippen LogP contribution is -2.42. The van der Waals surface area contributed by atoms with Gasteiger partial charge >= 0.3 is 12.4 Å². The van der Waals surface area contributed by atoms with Crippen LogP contribution in [0.15, 0.2) is 59.8 Å². The van der Waals surface area contributed by atoms with Crippen molar-refractivity contribution in [2.24, 2.45) is 5.16 Å². The number of hydrogen-bond donors (Lipinski definition) is 0. The largest absolute Gasteiger partial charge is 0.435 e. The molecule has 1 aliphatic rings. The van der Waals surface area contributed by atoms with Gasteiger partial charge in [0.2, 0.25) is 0 Å². The van der Waals surface area contributed by atoms with E-state index in [1.165, 1.54) is 6.08 Å². The molecule has 1 unspecified atom stereocenters. The molecule has 2 aromatic carbocycles. The highest BCUT2D eigenvalue weighted by Gasteiger charge is 2.62. The monoisotopic (exact) mass is 399 g/mol. The Balaban J connectivity index is 1.86. The third kappa shape index (κ3) is 3.90. The summed E-state index contributed by atoms with van der Waals surface area (Å²) >= 11 is 0. The van der Waals surface area contributed by atoms with Crippen molar-refractivity contribution in [3.05, 3.63) is 76.9 Å². The van der Waals surface area contributed by atoms with Crippen LogP contribution in [0.5, 0.6) is 0 Å². The van der Waals surface area contributed by atoms with E-state index in [1.807, 2.05) is 19.1 Å². The number of hydrogen-bond acceptors (Lipinski definition) is 2. The molecule has 3 rings (SSSR count). The molecule has 0 fully saturated rings. The van der Waals surface area contributed by atoms with Gasteiger partial charge in [0.1, 0.15) is 0 Å². The SMILES string of the molecule is Cc1ccc(C=CC2=NOC(c3ccc(C(F)(F)F)cc3)(C(F)(F)F)C2)cc1. The fourth-order valence-corrected chi connectivity index (χ4v) is 2.81. The van der Waals surface area contributed by atoms with Crippen LogP contribution in [-0.2, 0) is 16.6 Å². The van der Waals surface area contributed by atoms with Crippen molar-refractivity contribution in [1.82, 2.24) is 0 Å². The molecule has 28 heavy (non-hydrogen) atoms. The molecule has 1 aliphatic heterocycles. The second kappa shape index (κ2) is 7.00. The lowest BCUT2D eigenvalue weighted by Gasteiger charge is -2.29. The molecule has 0 bridgehead atoms. The van der Waals surface area contributed by atoms with Crippen LogP contribution < -0.4 is 0 Å². The first kappa shape index (κ1) is 20.0. The van der Waals surface area contributed by atoms with Crippen molar-refractivity contribution < 1.29 is 31.2 Å². The van der Waals surface area contributed by atoms with Crippen LogP contribution >= 0.6 is 0 Å². The van der Waals surface area contributed by atoms with Crippen LogP contribution in [0.4, 0.5) is 26.3 Å². The molecule has 0 saturated heterocycles. The Labute approximate surface area is 157 Å². The van der Waals surface area contributed by atoms with E-state index < -0.39 is 35.5 Å². The van der Waals surface area contributed by atoms with Gasteiger partial charge in [0, 0.05) is 12.0 Å². The normalized spacial score (nSPS) is 20.3. The first-order valence-electron chi connectivity index (χ1n) is 8.25. The first-order valence-corrected chi connectivity index (χ1v) is 8.25. The van der Waals surface area contributed by atoms with Crippen LogP contribution in [0.25, 0.3) is 6.08 Å². The average molecular weight is 399 g/mol. The Kier molecular flexibility index (Phi) is 4.99. The summed E-state index contributed by atoms with van der Waals surface area (Å²) in [6.45, 7) is 1.91. The summed E-state index contributed by atoms with van der Waals surface area (Å²) in [5.41, 5.74) is -2.44. The standard InChI is InChI=1S/C20H15F6NO/c1-13-2-4-14(5-3-13)6-11-17-12-18(28-27-17,20(24,25)26)15-7-9-16(10-8-15)19(21,22)23/h2-11H,12H2,1H3. The number of nitrogens with zero attached hydrogens (tertiary/aromatic N) is 1. The van der Waals surface area contributed by atoms with E-state index in [4.69, 9.17) is 4.84 Å². The smallest absolute Gasteiger partial charge is 0.374 e. The van der Waals surface area contributed by atoms with Crippen LogP contribution in [0.3, 0.4) is 0 Å². The number of rotatable bonds is 3. The van der Waals surface area contributed by atoms with Crippen molar-refractivity contribution >= 4 is 11.8 Å². The van der Waals surface area contributed by atoms with E-state index in [-0.39, 0.29) is 5.71 Å². The molecule has 0 N–H and O–H groups in total. The van der Waals surface area contributed by atoms with Gasteiger partial charge in [-0.3, -0.25) is 0 Å². The maximum absolute atomic E-state index is 13.8. The van der Waals surface area contributed by atoms with Crippen LogP contribution in [0.1, 0.15) is 28.7 Å². The minimum atomic E-state index is -4.87. The number of alkyl halides is 6. The molecule has 2 nitrogen and oxygen atoms in total. The van der Waals surface area contributed by atoms with Crippen molar-refractivity contribution in [3.8, 4) is 0 Å². The zero-order valence-electron chi connectivity index (χ0n) is 14.6. The van der Waals surface area contributed by atoms with Crippen LogP contribution in [-0.4, -0.2) is 11.9 Å². The highest BCUT2D eigenvalue weighted by Crippen LogP contribution is 2.48. The summed E-state index contributed by atoms with van der Waals surface area (Å²) in [7, 11) is 0. The maximum atomic E-state index is 13.8. The minimum Gasteiger partial charge on any atom is -0.374 e. The lowest BCUT2D eigenvalue weighted by atomic mass is 9.87. The third-order valence-corrected chi connectivity index (χ3v) is 4.43. The molecule has 0 aromatic heterocycles. The Morgan fingerprint density at radius 1 is 0.893 bits per heavy atom. The number of benzene rings is 2. The van der Waals surface area contributed by atoms with Gasteiger partial charge in [-0.15, -0.1) is 0 Å². The predicted octanol–water partition coefficient (Wildman–Crippen LogP) is 6.26. The molecule has 0 amide bonds. The van der Waals surface area contributed by atoms with Gasteiger partial charge in [-0.1, -0.05) is 53.2 Å². The van der Waals surface area contributed by atoms with E-state index >= 15 is 0 Å². The molecule has 0 saturated carbocycles. The van der Waals surface area contributed by atoms with Gasteiger partial charge in [0.15, 0.2) is 0 Å². The molecule has 0 radical (unpaired) electrons. The van der Waals surface area contributed by atoms with E-state index in [2.05, 4.69) is 5.16 Å². The Morgan fingerprint density at radius 2 is 1.50 bits per heavy atom. The number of allylic oxidation sites excluding steroid dienone is 1. The second-order valence-corrected chi connectivity index (χ2v) is 6.49. The van der Waals surface area contributed by atoms with Gasteiger partial charge < -0.3 is 4.84 Å². The number of halogens is 6. The van der Waals surface area contributed by atoms with Crippen LogP contribution in [0.2, 0.25) is 0 Å². The van der Waals surface area contributed by atoms with Crippen molar-refractivity contribution in [1.29, 1.82) is 0 Å². The number of oxime groups is 1. The van der Waals surface area contributed by atoms with E-state index in [0.29, 0.717) is 12.1 Å². The molecule has 8 heteroatoms. The highest BCUT2D eigenvalue weighted by atomic mass is 19.4. The molecule has 2 aromatic rings. The number of aryl methyl sites for hydroxylation is 1. The zero-order valence-corrected chi connectivity index (χ0v) is 14.6. The third-order valence-electron chi connectivity index (χ3n) is 4.43. The Morgan fingerprint density at radius 3 is 2.04 bits per heavy atom. The highest BCUT2D eigenvalue weighted by molar-refractivity contribution is 5.99. The van der Waals surface area contributed by atoms with E-state index in [0.717, 1.165) is 23.3 Å². The van der Waals surface area contributed by atoms with Crippen molar-refractivity contribution in [3.63, 3.8) is 0 Å². The summed E-state index contributed by atoms with van der Waals surface area (Å²) in [4.78, 5) is 4.77. The summed E-state index contributed by atoms with van der Waals surface area (Å²) in [5, 5.41) is 3.52. The Bertz CT molecular complexity index is 894. The topological polar surface area (TPSA) is 21.6 Å². The summed E-state index contributed by atoms with van der Waals surface area (Å²) < 4.78 is 79.4. The molecule has 0 aliphatic carbocycles. The quantitative estimate of drug-likeness (QED) is 0.558. The molecule has 148 valence electrons. The maximum Gasteiger partial charge on any atom is 0.435 e. The van der Waals surface area contributed by atoms with Gasteiger partial charge in [-0.25, -0.2) is 0 Å². The first-order chi connectivity index (χ1) is 13.0. The summed E-state index contributed by atoms with van der Waals surface area (Å²) in [6.07, 6.45) is -7.14. The van der Waals surface area contributed by atoms with Gasteiger partial charge in [-0.05, 0) is 30.7 Å². The molecule has 0 spiro atoms. The molecular formula is C20H15F6NO. The summed E-state index contributed by atoms with van der Waals surface area (Å²) in [5.74, 6) is 0. The second-order valence-electron chi connectivity index (χ2n) is 6.49. The Hall–Kier alpha value is -2.77. The van der Waals surface area contributed by atoms with Crippen molar-refractivity contribution in [2.75, 3.05) is 0 Å². The van der Waals surface area contributed by atoms with E-state index in [9.17, 15) is 26.3 Å². The zero-order chi connectivity index (χ0) is 20.6. The van der Waals surface area contributed by atoms with Crippen LogP contribution in [0, 0.1) is 6.92 Å². The van der Waals surface area contributed by atoms with Gasteiger partial charge in [-0.2, -0.15) is 26.3 Å². The van der Waals surface area contributed by atoms with Gasteiger partial charge in [0.25, 0.3) is 5.60 Å². The average Bonchev–Trinajstić information content (AvgIpc) is 3.06. The fourth-order valence-electron chi connectivity index (χ4n) is 2.81. The molecule has 1 heterocycles. The summed E-state index contributed by atoms with van der Waals surface area (Å²) in [6, 6.07) is 10.1. The van der Waals surface area contributed by atoms with E-state index in [1.54, 1.807) is 18.2 Å². The van der Waals surface area contributed by atoms with Crippen molar-refractivity contribution in [2.45, 2.75) is 31.3 Å². The molecular weight excluding hydrogens is 384 g/mol. The van der Waals surface area contributed by atoms with Gasteiger partial charge in [0.05, 0.1) is 11.3 Å².